The van der Waals surface area contributed by atoms with E-state index in [0.29, 0.717) is 19.0 Å². The minimum atomic E-state index is 0. The van der Waals surface area contributed by atoms with E-state index in [2.05, 4.69) is 16.9 Å². The molecule has 0 bridgehead atoms. The number of rotatable bonds is 6. The molecule has 0 aliphatic rings. The lowest BCUT2D eigenvalue weighted by Crippen LogP contribution is -2.32. The Hall–Kier alpha value is -2.02. The average Bonchev–Trinajstić information content (AvgIpc) is 2.53. The predicted molar refractivity (Wildman–Crippen MR) is 107 cm³/mol. The molecule has 2 aromatic carbocycles. The van der Waals surface area contributed by atoms with Crippen molar-refractivity contribution in [2.24, 2.45) is 10.7 Å². The largest absolute Gasteiger partial charge is 0.457 e. The van der Waals surface area contributed by atoms with Gasteiger partial charge in [0.25, 0.3) is 0 Å². The van der Waals surface area contributed by atoms with Crippen molar-refractivity contribution in [3.8, 4) is 11.5 Å². The van der Waals surface area contributed by atoms with Crippen LogP contribution < -0.4 is 15.8 Å². The van der Waals surface area contributed by atoms with Crippen LogP contribution in [0.15, 0.2) is 71.7 Å². The average molecular weight is 423 g/mol. The Balaban J connectivity index is 0.00000264. The van der Waals surface area contributed by atoms with Gasteiger partial charge in [0.15, 0.2) is 5.96 Å². The number of nitrogens with one attached hydrogen (secondary N) is 1. The molecule has 0 aromatic heterocycles. The molecule has 0 fully saturated rings. The van der Waals surface area contributed by atoms with Gasteiger partial charge in [-0.05, 0) is 36.8 Å². The number of benzene rings is 2. The fourth-order valence-electron chi connectivity index (χ4n) is 1.76. The van der Waals surface area contributed by atoms with E-state index in [0.717, 1.165) is 22.6 Å². The number of nitrogens with zero attached hydrogens (tertiary/aromatic N) is 1. The zero-order valence-electron chi connectivity index (χ0n) is 13.2. The van der Waals surface area contributed by atoms with Crippen molar-refractivity contribution in [2.45, 2.75) is 13.5 Å². The Labute approximate surface area is 154 Å². The number of nitrogens with two attached hydrogens (primary N) is 1. The Kier molecular flexibility index (Phi) is 8.18. The van der Waals surface area contributed by atoms with E-state index in [1.807, 2.05) is 61.5 Å². The van der Waals surface area contributed by atoms with Crippen molar-refractivity contribution < 1.29 is 4.74 Å². The Bertz CT molecular complexity index is 639. The highest BCUT2D eigenvalue weighted by Crippen LogP contribution is 2.21. The normalized spacial score (nSPS) is 10.6. The molecule has 0 radical (unpaired) electrons. The van der Waals surface area contributed by atoms with Crippen molar-refractivity contribution >= 4 is 29.9 Å². The van der Waals surface area contributed by atoms with Crippen LogP contribution in [-0.4, -0.2) is 12.5 Å². The minimum Gasteiger partial charge on any atom is -0.457 e. The molecule has 0 spiro atoms. The second kappa shape index (κ2) is 9.89. The Morgan fingerprint density at radius 3 is 2.30 bits per heavy atom. The molecule has 122 valence electrons. The first-order valence-corrected chi connectivity index (χ1v) is 7.13. The lowest BCUT2D eigenvalue weighted by atomic mass is 10.2. The van der Waals surface area contributed by atoms with Gasteiger partial charge in [-0.2, -0.15) is 0 Å². The summed E-state index contributed by atoms with van der Waals surface area (Å²) >= 11 is 0. The summed E-state index contributed by atoms with van der Waals surface area (Å²) < 4.78 is 5.74. The van der Waals surface area contributed by atoms with Gasteiger partial charge >= 0.3 is 0 Å². The van der Waals surface area contributed by atoms with Gasteiger partial charge in [0, 0.05) is 6.54 Å². The van der Waals surface area contributed by atoms with Crippen LogP contribution >= 0.6 is 24.0 Å². The molecule has 2 rings (SSSR count). The van der Waals surface area contributed by atoms with E-state index < -0.39 is 0 Å². The number of para-hydroxylation sites is 1. The molecule has 23 heavy (non-hydrogen) atoms. The summed E-state index contributed by atoms with van der Waals surface area (Å²) in [5, 5.41) is 3.00. The number of ether oxygens (including phenoxy) is 1. The molecule has 0 heterocycles. The molecule has 3 N–H and O–H groups in total. The molecule has 0 unspecified atom stereocenters. The summed E-state index contributed by atoms with van der Waals surface area (Å²) in [5.41, 5.74) is 7.86. The smallest absolute Gasteiger partial charge is 0.189 e. The van der Waals surface area contributed by atoms with Crippen molar-refractivity contribution in [2.75, 3.05) is 6.54 Å². The maximum atomic E-state index is 5.77. The molecule has 0 amide bonds. The highest BCUT2D eigenvalue weighted by atomic mass is 127. The molecule has 0 atom stereocenters. The molecule has 0 saturated carbocycles. The summed E-state index contributed by atoms with van der Waals surface area (Å²) in [6.07, 6.45) is 0. The summed E-state index contributed by atoms with van der Waals surface area (Å²) in [7, 11) is 0. The van der Waals surface area contributed by atoms with Crippen LogP contribution in [0.3, 0.4) is 0 Å². The first-order chi connectivity index (χ1) is 10.6. The van der Waals surface area contributed by atoms with Crippen LogP contribution in [0.4, 0.5) is 0 Å². The molecule has 0 aliphatic heterocycles. The van der Waals surface area contributed by atoms with Crippen LogP contribution in [0.1, 0.15) is 12.5 Å². The fraction of sp³-hybridized carbons (Fsp3) is 0.167. The van der Waals surface area contributed by atoms with Crippen molar-refractivity contribution in [1.82, 2.24) is 5.32 Å². The summed E-state index contributed by atoms with van der Waals surface area (Å²) in [6.45, 7) is 6.91. The quantitative estimate of drug-likeness (QED) is 0.319. The van der Waals surface area contributed by atoms with Gasteiger partial charge in [-0.25, -0.2) is 4.99 Å². The number of halogens is 1. The third kappa shape index (κ3) is 7.19. The maximum absolute atomic E-state index is 5.77. The van der Waals surface area contributed by atoms with E-state index in [-0.39, 0.29) is 24.0 Å². The summed E-state index contributed by atoms with van der Waals surface area (Å²) in [6, 6.07) is 17.5. The number of aliphatic imine (C=N–C) groups is 1. The van der Waals surface area contributed by atoms with Gasteiger partial charge < -0.3 is 15.8 Å². The second-order valence-corrected chi connectivity index (χ2v) is 5.07. The monoisotopic (exact) mass is 423 g/mol. The Morgan fingerprint density at radius 1 is 1.09 bits per heavy atom. The first kappa shape index (κ1) is 19.0. The number of hydrogen-bond acceptors (Lipinski definition) is 2. The van der Waals surface area contributed by atoms with Crippen LogP contribution in [0.5, 0.6) is 11.5 Å². The van der Waals surface area contributed by atoms with E-state index in [9.17, 15) is 0 Å². The first-order valence-electron chi connectivity index (χ1n) is 7.13. The molecular weight excluding hydrogens is 401 g/mol. The van der Waals surface area contributed by atoms with Gasteiger partial charge in [0.1, 0.15) is 11.5 Å². The van der Waals surface area contributed by atoms with E-state index >= 15 is 0 Å². The van der Waals surface area contributed by atoms with E-state index in [1.54, 1.807) is 0 Å². The molecule has 0 aliphatic carbocycles. The fourth-order valence-corrected chi connectivity index (χ4v) is 1.76. The molecule has 0 saturated heterocycles. The van der Waals surface area contributed by atoms with Crippen molar-refractivity contribution in [1.29, 1.82) is 0 Å². The highest BCUT2D eigenvalue weighted by molar-refractivity contribution is 14.0. The lowest BCUT2D eigenvalue weighted by Gasteiger charge is -2.07. The van der Waals surface area contributed by atoms with Crippen LogP contribution in [0.25, 0.3) is 0 Å². The van der Waals surface area contributed by atoms with Gasteiger partial charge in [0.05, 0.1) is 6.54 Å². The van der Waals surface area contributed by atoms with Gasteiger partial charge in [-0.1, -0.05) is 42.5 Å². The van der Waals surface area contributed by atoms with Gasteiger partial charge in [-0.3, -0.25) is 0 Å². The van der Waals surface area contributed by atoms with E-state index in [4.69, 9.17) is 10.5 Å². The highest BCUT2D eigenvalue weighted by Gasteiger charge is 1.98. The van der Waals surface area contributed by atoms with Crippen LogP contribution in [0, 0.1) is 0 Å². The van der Waals surface area contributed by atoms with Crippen molar-refractivity contribution in [3.63, 3.8) is 0 Å². The standard InChI is InChI=1S/C18H21N3O.HI/c1-14(2)12-20-18(19)21-13-15-8-10-17(11-9-15)22-16-6-4-3-5-7-16;/h3-11H,1,12-13H2,2H3,(H3,19,20,21);1H. The lowest BCUT2D eigenvalue weighted by molar-refractivity contribution is 0.482. The number of guanidine groups is 1. The molecule has 2 aromatic rings. The molecule has 5 heteroatoms. The SMILES string of the molecule is C=C(C)CNC(N)=NCc1ccc(Oc2ccccc2)cc1.I. The molecule has 4 nitrogen and oxygen atoms in total. The zero-order valence-corrected chi connectivity index (χ0v) is 15.5. The third-order valence-corrected chi connectivity index (χ3v) is 2.91. The van der Waals surface area contributed by atoms with Gasteiger partial charge in [-0.15, -0.1) is 24.0 Å². The third-order valence-electron chi connectivity index (χ3n) is 2.91. The van der Waals surface area contributed by atoms with Crippen LogP contribution in [0.2, 0.25) is 0 Å². The Morgan fingerprint density at radius 2 is 1.70 bits per heavy atom. The predicted octanol–water partition coefficient (Wildman–Crippen LogP) is 4.08. The summed E-state index contributed by atoms with van der Waals surface area (Å²) in [5.74, 6) is 2.04. The number of hydrogen-bond donors (Lipinski definition) is 2. The topological polar surface area (TPSA) is 59.6 Å². The summed E-state index contributed by atoms with van der Waals surface area (Å²) in [4.78, 5) is 4.28. The second-order valence-electron chi connectivity index (χ2n) is 5.07. The zero-order chi connectivity index (χ0) is 15.8. The van der Waals surface area contributed by atoms with Gasteiger partial charge in [0.2, 0.25) is 0 Å². The van der Waals surface area contributed by atoms with E-state index in [1.165, 1.54) is 0 Å². The minimum absolute atomic E-state index is 0. The van der Waals surface area contributed by atoms with Crippen molar-refractivity contribution in [3.05, 3.63) is 72.3 Å². The maximum Gasteiger partial charge on any atom is 0.189 e. The molecular formula is C18H22IN3O. The van der Waals surface area contributed by atoms with Crippen LogP contribution in [-0.2, 0) is 6.54 Å².